The smallest absolute Gasteiger partial charge is 0.294 e. The van der Waals surface area contributed by atoms with E-state index >= 15 is 0 Å². The predicted molar refractivity (Wildman–Crippen MR) is 127 cm³/mol. The summed E-state index contributed by atoms with van der Waals surface area (Å²) in [7, 11) is 0. The van der Waals surface area contributed by atoms with Crippen LogP contribution in [0.25, 0.3) is 0 Å². The van der Waals surface area contributed by atoms with Gasteiger partial charge in [-0.2, -0.15) is 0 Å². The maximum Gasteiger partial charge on any atom is 0.294 e. The van der Waals surface area contributed by atoms with Crippen LogP contribution in [-0.4, -0.2) is 22.9 Å². The standard InChI is InChI=1S/C27H33NO4/c1-16(2)18-8-12-20(13-9-18)28-23(19-10-14-21(15-11-19)32-17(3)4)22(24(29)26(28)31)25(30)27(5,6)7/h8-17,23,29H,1-7H3. The van der Waals surface area contributed by atoms with Crippen molar-refractivity contribution in [3.63, 3.8) is 0 Å². The van der Waals surface area contributed by atoms with E-state index in [9.17, 15) is 14.7 Å². The van der Waals surface area contributed by atoms with Gasteiger partial charge in [0.15, 0.2) is 11.5 Å². The molecule has 0 saturated carbocycles. The third-order valence-corrected chi connectivity index (χ3v) is 5.54. The average molecular weight is 436 g/mol. The number of Topliss-reactive ketones (excluding diaryl/α,β-unsaturated/α-hetero) is 1. The Morgan fingerprint density at radius 3 is 2.00 bits per heavy atom. The van der Waals surface area contributed by atoms with Crippen molar-refractivity contribution >= 4 is 17.4 Å². The Labute approximate surface area is 190 Å². The van der Waals surface area contributed by atoms with E-state index in [1.165, 1.54) is 4.90 Å². The summed E-state index contributed by atoms with van der Waals surface area (Å²) in [6.45, 7) is 13.5. The highest BCUT2D eigenvalue weighted by molar-refractivity contribution is 6.17. The van der Waals surface area contributed by atoms with E-state index in [0.717, 1.165) is 11.1 Å². The second kappa shape index (κ2) is 8.81. The van der Waals surface area contributed by atoms with Gasteiger partial charge in [-0.15, -0.1) is 0 Å². The Morgan fingerprint density at radius 1 is 0.969 bits per heavy atom. The molecule has 0 saturated heterocycles. The molecule has 0 fully saturated rings. The molecule has 1 amide bonds. The number of hydrogen-bond donors (Lipinski definition) is 1. The maximum absolute atomic E-state index is 13.3. The molecule has 0 bridgehead atoms. The second-order valence-electron chi connectivity index (χ2n) is 9.90. The molecule has 0 spiro atoms. The van der Waals surface area contributed by atoms with Crippen LogP contribution in [0.2, 0.25) is 0 Å². The number of ketones is 1. The Balaban J connectivity index is 2.12. The maximum atomic E-state index is 13.3. The normalized spacial score (nSPS) is 17.0. The summed E-state index contributed by atoms with van der Waals surface area (Å²) >= 11 is 0. The second-order valence-corrected chi connectivity index (χ2v) is 9.90. The summed E-state index contributed by atoms with van der Waals surface area (Å²) in [6.07, 6.45) is 0.0341. The highest BCUT2D eigenvalue weighted by atomic mass is 16.5. The summed E-state index contributed by atoms with van der Waals surface area (Å²) in [5.74, 6) is -0.241. The van der Waals surface area contributed by atoms with Crippen LogP contribution in [0, 0.1) is 5.41 Å². The summed E-state index contributed by atoms with van der Waals surface area (Å²) in [6, 6.07) is 14.3. The van der Waals surface area contributed by atoms with Gasteiger partial charge in [-0.05, 0) is 55.2 Å². The molecule has 1 N–H and O–H groups in total. The molecule has 2 aromatic rings. The van der Waals surface area contributed by atoms with Crippen molar-refractivity contribution in [1.82, 2.24) is 0 Å². The number of rotatable bonds is 6. The first-order valence-electron chi connectivity index (χ1n) is 11.1. The van der Waals surface area contributed by atoms with Crippen molar-refractivity contribution in [2.75, 3.05) is 4.90 Å². The zero-order valence-electron chi connectivity index (χ0n) is 20.0. The average Bonchev–Trinajstić information content (AvgIpc) is 2.97. The van der Waals surface area contributed by atoms with Crippen molar-refractivity contribution in [2.24, 2.45) is 5.41 Å². The minimum absolute atomic E-state index is 0.0341. The molecule has 32 heavy (non-hydrogen) atoms. The molecule has 5 heteroatoms. The summed E-state index contributed by atoms with van der Waals surface area (Å²) in [4.78, 5) is 28.0. The van der Waals surface area contributed by atoms with Crippen LogP contribution >= 0.6 is 0 Å². The molecule has 1 atom stereocenters. The number of hydrogen-bond acceptors (Lipinski definition) is 4. The molecule has 0 aliphatic carbocycles. The molecule has 0 aromatic heterocycles. The molecule has 5 nitrogen and oxygen atoms in total. The fourth-order valence-corrected chi connectivity index (χ4v) is 3.84. The molecular weight excluding hydrogens is 402 g/mol. The molecule has 3 rings (SSSR count). The predicted octanol–water partition coefficient (Wildman–Crippen LogP) is 6.11. The lowest BCUT2D eigenvalue weighted by Crippen LogP contribution is -2.32. The molecule has 1 aliphatic heterocycles. The van der Waals surface area contributed by atoms with Crippen molar-refractivity contribution in [3.8, 4) is 5.75 Å². The van der Waals surface area contributed by atoms with Gasteiger partial charge in [-0.1, -0.05) is 58.9 Å². The fourth-order valence-electron chi connectivity index (χ4n) is 3.84. The van der Waals surface area contributed by atoms with Crippen molar-refractivity contribution in [3.05, 3.63) is 71.0 Å². The molecule has 1 aliphatic rings. The van der Waals surface area contributed by atoms with Crippen LogP contribution in [0.1, 0.15) is 71.6 Å². The Bertz CT molecular complexity index is 1020. The Hall–Kier alpha value is -3.08. The van der Waals surface area contributed by atoms with Crippen LogP contribution < -0.4 is 9.64 Å². The van der Waals surface area contributed by atoms with E-state index in [-0.39, 0.29) is 17.5 Å². The number of nitrogens with zero attached hydrogens (tertiary/aromatic N) is 1. The van der Waals surface area contributed by atoms with Crippen molar-refractivity contribution < 1.29 is 19.4 Å². The van der Waals surface area contributed by atoms with E-state index in [4.69, 9.17) is 4.74 Å². The first-order valence-corrected chi connectivity index (χ1v) is 11.1. The van der Waals surface area contributed by atoms with Gasteiger partial charge in [0.25, 0.3) is 5.91 Å². The number of amides is 1. The summed E-state index contributed by atoms with van der Waals surface area (Å²) in [5.41, 5.74) is 1.90. The largest absolute Gasteiger partial charge is 0.503 e. The van der Waals surface area contributed by atoms with Crippen molar-refractivity contribution in [2.45, 2.75) is 66.5 Å². The molecular formula is C27H33NO4. The minimum Gasteiger partial charge on any atom is -0.503 e. The highest BCUT2D eigenvalue weighted by Gasteiger charge is 2.46. The topological polar surface area (TPSA) is 66.8 Å². The summed E-state index contributed by atoms with van der Waals surface area (Å²) < 4.78 is 5.74. The number of benzene rings is 2. The highest BCUT2D eigenvalue weighted by Crippen LogP contribution is 2.43. The number of aliphatic hydroxyl groups is 1. The number of anilines is 1. The van der Waals surface area contributed by atoms with Gasteiger partial charge in [0.1, 0.15) is 5.75 Å². The van der Waals surface area contributed by atoms with Gasteiger partial charge in [-0.25, -0.2) is 0 Å². The van der Waals surface area contributed by atoms with Crippen LogP contribution in [0.3, 0.4) is 0 Å². The number of carbonyl (C=O) groups is 2. The van der Waals surface area contributed by atoms with Gasteiger partial charge in [-0.3, -0.25) is 14.5 Å². The first kappa shape index (κ1) is 23.6. The lowest BCUT2D eigenvalue weighted by Gasteiger charge is -2.29. The number of ether oxygens (including phenoxy) is 1. The van der Waals surface area contributed by atoms with E-state index < -0.39 is 23.1 Å². The molecule has 1 unspecified atom stereocenters. The van der Waals surface area contributed by atoms with Crippen LogP contribution in [0.5, 0.6) is 5.75 Å². The van der Waals surface area contributed by atoms with Crippen molar-refractivity contribution in [1.29, 1.82) is 0 Å². The van der Waals surface area contributed by atoms with Crippen LogP contribution in [0.4, 0.5) is 5.69 Å². The molecule has 2 aromatic carbocycles. The van der Waals surface area contributed by atoms with Gasteiger partial charge in [0, 0.05) is 11.1 Å². The van der Waals surface area contributed by atoms with Crippen LogP contribution in [-0.2, 0) is 9.59 Å². The third-order valence-electron chi connectivity index (χ3n) is 5.54. The van der Waals surface area contributed by atoms with Gasteiger partial charge in [0.2, 0.25) is 0 Å². The Kier molecular flexibility index (Phi) is 6.49. The Morgan fingerprint density at radius 2 is 1.53 bits per heavy atom. The molecule has 1 heterocycles. The van der Waals surface area contributed by atoms with Crippen LogP contribution in [0.15, 0.2) is 59.9 Å². The summed E-state index contributed by atoms with van der Waals surface area (Å²) in [5, 5.41) is 10.8. The van der Waals surface area contributed by atoms with Gasteiger partial charge in [0.05, 0.1) is 17.7 Å². The number of aliphatic hydroxyl groups excluding tert-OH is 1. The zero-order valence-corrected chi connectivity index (χ0v) is 20.0. The third kappa shape index (κ3) is 4.57. The van der Waals surface area contributed by atoms with E-state index in [0.29, 0.717) is 17.4 Å². The zero-order chi connectivity index (χ0) is 23.8. The molecule has 0 radical (unpaired) electrons. The minimum atomic E-state index is -0.750. The number of carbonyl (C=O) groups excluding carboxylic acids is 2. The first-order chi connectivity index (χ1) is 14.9. The van der Waals surface area contributed by atoms with Gasteiger partial charge >= 0.3 is 0 Å². The monoisotopic (exact) mass is 435 g/mol. The van der Waals surface area contributed by atoms with Gasteiger partial charge < -0.3 is 9.84 Å². The van der Waals surface area contributed by atoms with E-state index in [2.05, 4.69) is 13.8 Å². The van der Waals surface area contributed by atoms with E-state index in [1.54, 1.807) is 20.8 Å². The lowest BCUT2D eigenvalue weighted by atomic mass is 9.82. The molecule has 170 valence electrons. The van der Waals surface area contributed by atoms with E-state index in [1.807, 2.05) is 62.4 Å². The SMILES string of the molecule is CC(C)Oc1ccc(C2C(C(=O)C(C)(C)C)=C(O)C(=O)N2c2ccc(C(C)C)cc2)cc1. The fraction of sp³-hybridized carbons (Fsp3) is 0.407. The lowest BCUT2D eigenvalue weighted by molar-refractivity contribution is -0.123. The quantitative estimate of drug-likeness (QED) is 0.594.